The third-order valence-electron chi connectivity index (χ3n) is 3.94. The molecular formula is C14H18N2O3S. The summed E-state index contributed by atoms with van der Waals surface area (Å²) in [6.45, 7) is 1.47. The highest BCUT2D eigenvalue weighted by atomic mass is 32.2. The third-order valence-corrected chi connectivity index (χ3v) is 5.55. The molecule has 0 bridgehead atoms. The van der Waals surface area contributed by atoms with E-state index in [1.807, 2.05) is 18.2 Å². The van der Waals surface area contributed by atoms with Crippen LogP contribution in [-0.4, -0.2) is 50.4 Å². The highest BCUT2D eigenvalue weighted by Crippen LogP contribution is 2.27. The Morgan fingerprint density at radius 3 is 2.70 bits per heavy atom. The maximum atomic E-state index is 12.6. The van der Waals surface area contributed by atoms with E-state index in [2.05, 4.69) is 5.32 Å². The van der Waals surface area contributed by atoms with E-state index >= 15 is 0 Å². The Labute approximate surface area is 118 Å². The molecule has 20 heavy (non-hydrogen) atoms. The molecule has 0 unspecified atom stereocenters. The molecule has 1 amide bonds. The number of anilines is 1. The first kappa shape index (κ1) is 13.4. The average Bonchev–Trinajstić information content (AvgIpc) is 2.46. The Morgan fingerprint density at radius 1 is 1.20 bits per heavy atom. The zero-order chi connectivity index (χ0) is 14.2. The van der Waals surface area contributed by atoms with Crippen molar-refractivity contribution in [1.82, 2.24) is 4.90 Å². The third kappa shape index (κ3) is 2.52. The molecule has 0 saturated carbocycles. The highest BCUT2D eigenvalue weighted by Gasteiger charge is 2.27. The number of rotatable bonds is 1. The number of aryl methyl sites for hydroxylation is 1. The number of benzene rings is 1. The van der Waals surface area contributed by atoms with Crippen LogP contribution < -0.4 is 5.32 Å². The van der Waals surface area contributed by atoms with Crippen LogP contribution in [0.5, 0.6) is 0 Å². The normalized spacial score (nSPS) is 20.9. The molecule has 108 valence electrons. The molecule has 1 fully saturated rings. The van der Waals surface area contributed by atoms with Gasteiger partial charge in [0, 0.05) is 19.6 Å². The van der Waals surface area contributed by atoms with Gasteiger partial charge in [-0.2, -0.15) is 0 Å². The lowest BCUT2D eigenvalue weighted by atomic mass is 9.99. The van der Waals surface area contributed by atoms with Crippen LogP contribution >= 0.6 is 0 Å². The number of sulfone groups is 1. The van der Waals surface area contributed by atoms with Crippen LogP contribution in [0.15, 0.2) is 18.2 Å². The summed E-state index contributed by atoms with van der Waals surface area (Å²) in [4.78, 5) is 14.2. The van der Waals surface area contributed by atoms with Gasteiger partial charge in [0.1, 0.15) is 0 Å². The SMILES string of the molecule is O=C(c1cccc2c1NCCC2)N1CCS(=O)(=O)CC1. The van der Waals surface area contributed by atoms with Gasteiger partial charge < -0.3 is 10.2 Å². The van der Waals surface area contributed by atoms with Crippen molar-refractivity contribution in [2.75, 3.05) is 36.5 Å². The van der Waals surface area contributed by atoms with E-state index in [-0.39, 0.29) is 17.4 Å². The Balaban J connectivity index is 1.85. The molecular weight excluding hydrogens is 276 g/mol. The van der Waals surface area contributed by atoms with E-state index in [1.165, 1.54) is 5.56 Å². The van der Waals surface area contributed by atoms with Crippen LogP contribution in [0.4, 0.5) is 5.69 Å². The van der Waals surface area contributed by atoms with Crippen molar-refractivity contribution in [3.63, 3.8) is 0 Å². The molecule has 6 heteroatoms. The number of para-hydroxylation sites is 1. The highest BCUT2D eigenvalue weighted by molar-refractivity contribution is 7.91. The van der Waals surface area contributed by atoms with E-state index in [9.17, 15) is 13.2 Å². The van der Waals surface area contributed by atoms with Gasteiger partial charge in [-0.25, -0.2) is 8.42 Å². The quantitative estimate of drug-likeness (QED) is 0.836. The molecule has 0 aromatic heterocycles. The van der Waals surface area contributed by atoms with Crippen molar-refractivity contribution in [3.05, 3.63) is 29.3 Å². The Hall–Kier alpha value is -1.56. The summed E-state index contributed by atoms with van der Waals surface area (Å²) < 4.78 is 22.9. The average molecular weight is 294 g/mol. The molecule has 3 rings (SSSR count). The lowest BCUT2D eigenvalue weighted by Crippen LogP contribution is -2.44. The Morgan fingerprint density at radius 2 is 1.95 bits per heavy atom. The minimum Gasteiger partial charge on any atom is -0.384 e. The summed E-state index contributed by atoms with van der Waals surface area (Å²) in [7, 11) is -2.96. The molecule has 1 aromatic rings. The molecule has 1 N–H and O–H groups in total. The van der Waals surface area contributed by atoms with Crippen LogP contribution in [-0.2, 0) is 16.3 Å². The van der Waals surface area contributed by atoms with Crippen molar-refractivity contribution in [2.24, 2.45) is 0 Å². The van der Waals surface area contributed by atoms with Gasteiger partial charge in [0.05, 0.1) is 22.8 Å². The first-order chi connectivity index (χ1) is 9.57. The van der Waals surface area contributed by atoms with Crippen molar-refractivity contribution < 1.29 is 13.2 Å². The van der Waals surface area contributed by atoms with Gasteiger partial charge in [-0.05, 0) is 24.5 Å². The monoisotopic (exact) mass is 294 g/mol. The number of amides is 1. The summed E-state index contributed by atoms with van der Waals surface area (Å²) in [5.41, 5.74) is 2.77. The van der Waals surface area contributed by atoms with Crippen LogP contribution in [0.1, 0.15) is 22.3 Å². The Kier molecular flexibility index (Phi) is 3.41. The summed E-state index contributed by atoms with van der Waals surface area (Å²) in [6, 6.07) is 5.77. The standard InChI is InChI=1S/C14H18N2O3S/c17-14(16-7-9-20(18,19)10-8-16)12-5-1-3-11-4-2-6-15-13(11)12/h1,3,5,15H,2,4,6-10H2. The molecule has 5 nitrogen and oxygen atoms in total. The van der Waals surface area contributed by atoms with Crippen molar-refractivity contribution in [3.8, 4) is 0 Å². The molecule has 0 aliphatic carbocycles. The minimum absolute atomic E-state index is 0.0637. The smallest absolute Gasteiger partial charge is 0.256 e. The second-order valence-electron chi connectivity index (χ2n) is 5.31. The predicted octanol–water partition coefficient (Wildman–Crippen LogP) is 0.915. The van der Waals surface area contributed by atoms with Gasteiger partial charge in [0.2, 0.25) is 0 Å². The summed E-state index contributed by atoms with van der Waals surface area (Å²) in [6.07, 6.45) is 2.06. The largest absolute Gasteiger partial charge is 0.384 e. The van der Waals surface area contributed by atoms with E-state index in [4.69, 9.17) is 0 Å². The van der Waals surface area contributed by atoms with Gasteiger partial charge in [-0.3, -0.25) is 4.79 Å². The molecule has 2 aliphatic rings. The number of hydrogen-bond donors (Lipinski definition) is 1. The zero-order valence-corrected chi connectivity index (χ0v) is 12.1. The molecule has 2 heterocycles. The number of fused-ring (bicyclic) bond motifs is 1. The summed E-state index contributed by atoms with van der Waals surface area (Å²) in [5, 5.41) is 3.30. The van der Waals surface area contributed by atoms with Gasteiger partial charge in [-0.15, -0.1) is 0 Å². The van der Waals surface area contributed by atoms with Gasteiger partial charge in [-0.1, -0.05) is 12.1 Å². The van der Waals surface area contributed by atoms with Crippen LogP contribution in [0.25, 0.3) is 0 Å². The summed E-state index contributed by atoms with van der Waals surface area (Å²) >= 11 is 0. The lowest BCUT2D eigenvalue weighted by Gasteiger charge is -2.29. The minimum atomic E-state index is -2.96. The molecule has 0 spiro atoms. The lowest BCUT2D eigenvalue weighted by molar-refractivity contribution is 0.0771. The van der Waals surface area contributed by atoms with Crippen LogP contribution in [0.3, 0.4) is 0 Å². The number of carbonyl (C=O) groups is 1. The summed E-state index contributed by atoms with van der Waals surface area (Å²) in [5.74, 6) is 0.0775. The number of hydrogen-bond acceptors (Lipinski definition) is 4. The van der Waals surface area contributed by atoms with E-state index < -0.39 is 9.84 Å². The van der Waals surface area contributed by atoms with E-state index in [0.29, 0.717) is 18.7 Å². The topological polar surface area (TPSA) is 66.5 Å². The fraction of sp³-hybridized carbons (Fsp3) is 0.500. The van der Waals surface area contributed by atoms with Crippen molar-refractivity contribution in [1.29, 1.82) is 0 Å². The first-order valence-electron chi connectivity index (χ1n) is 6.92. The van der Waals surface area contributed by atoms with Crippen molar-refractivity contribution >= 4 is 21.4 Å². The predicted molar refractivity (Wildman–Crippen MR) is 77.8 cm³/mol. The fourth-order valence-corrected chi connectivity index (χ4v) is 3.97. The second kappa shape index (κ2) is 5.09. The molecule has 1 saturated heterocycles. The first-order valence-corrected chi connectivity index (χ1v) is 8.74. The van der Waals surface area contributed by atoms with Gasteiger partial charge in [0.25, 0.3) is 5.91 Å². The number of carbonyl (C=O) groups excluding carboxylic acids is 1. The van der Waals surface area contributed by atoms with Crippen LogP contribution in [0, 0.1) is 0 Å². The maximum absolute atomic E-state index is 12.6. The van der Waals surface area contributed by atoms with Crippen LogP contribution in [0.2, 0.25) is 0 Å². The van der Waals surface area contributed by atoms with Crippen molar-refractivity contribution in [2.45, 2.75) is 12.8 Å². The Bertz CT molecular complexity index is 626. The van der Waals surface area contributed by atoms with Gasteiger partial charge in [0.15, 0.2) is 9.84 Å². The number of nitrogens with zero attached hydrogens (tertiary/aromatic N) is 1. The maximum Gasteiger partial charge on any atom is 0.256 e. The molecule has 0 atom stereocenters. The second-order valence-corrected chi connectivity index (χ2v) is 7.62. The van der Waals surface area contributed by atoms with E-state index in [1.54, 1.807) is 4.90 Å². The van der Waals surface area contributed by atoms with Gasteiger partial charge >= 0.3 is 0 Å². The molecule has 2 aliphatic heterocycles. The zero-order valence-electron chi connectivity index (χ0n) is 11.3. The number of nitrogens with one attached hydrogen (secondary N) is 1. The fourth-order valence-electron chi connectivity index (χ4n) is 2.77. The molecule has 0 radical (unpaired) electrons. The van der Waals surface area contributed by atoms with E-state index in [0.717, 1.165) is 25.1 Å². The molecule has 1 aromatic carbocycles.